The summed E-state index contributed by atoms with van der Waals surface area (Å²) >= 11 is 0. The molecule has 0 spiro atoms. The normalized spacial score (nSPS) is 20.0. The second-order valence-electron chi connectivity index (χ2n) is 6.80. The summed E-state index contributed by atoms with van der Waals surface area (Å²) in [5.74, 6) is 0.204. The third-order valence-electron chi connectivity index (χ3n) is 4.49. The quantitative estimate of drug-likeness (QED) is 0.820. The maximum Gasteiger partial charge on any atom is 0.312 e. The molecule has 5 heteroatoms. The fourth-order valence-corrected chi connectivity index (χ4v) is 3.47. The van der Waals surface area contributed by atoms with E-state index in [0.717, 1.165) is 18.7 Å². The van der Waals surface area contributed by atoms with Gasteiger partial charge in [-0.2, -0.15) is 0 Å². The van der Waals surface area contributed by atoms with E-state index >= 15 is 0 Å². The second-order valence-corrected chi connectivity index (χ2v) is 6.80. The first kappa shape index (κ1) is 17.4. The molecule has 0 amide bonds. The van der Waals surface area contributed by atoms with Gasteiger partial charge in [0.1, 0.15) is 0 Å². The summed E-state index contributed by atoms with van der Waals surface area (Å²) in [6.45, 7) is 5.32. The number of carbonyl (C=O) groups excluding carboxylic acids is 1. The lowest BCUT2D eigenvalue weighted by Crippen LogP contribution is -2.19. The molecule has 5 nitrogen and oxygen atoms in total. The monoisotopic (exact) mass is 340 g/mol. The van der Waals surface area contributed by atoms with Crippen LogP contribution in [0.25, 0.3) is 0 Å². The third kappa shape index (κ3) is 4.37. The summed E-state index contributed by atoms with van der Waals surface area (Å²) < 4.78 is 5.18. The molecule has 2 atom stereocenters. The van der Waals surface area contributed by atoms with E-state index in [4.69, 9.17) is 4.74 Å². The Kier molecular flexibility index (Phi) is 5.34. The van der Waals surface area contributed by atoms with Crippen molar-refractivity contribution >= 4 is 5.97 Å². The zero-order valence-electron chi connectivity index (χ0n) is 14.6. The van der Waals surface area contributed by atoms with Crippen LogP contribution in [0.15, 0.2) is 47.3 Å². The van der Waals surface area contributed by atoms with Gasteiger partial charge in [0.15, 0.2) is 0 Å². The van der Waals surface area contributed by atoms with Crippen LogP contribution in [-0.4, -0.2) is 30.1 Å². The van der Waals surface area contributed by atoms with Gasteiger partial charge in [0.25, 0.3) is 0 Å². The molecule has 0 radical (unpaired) electrons. The number of pyridine rings is 1. The molecule has 1 saturated heterocycles. The molecule has 2 aromatic rings. The Hall–Kier alpha value is -2.40. The largest absolute Gasteiger partial charge is 0.463 e. The minimum absolute atomic E-state index is 0.0808. The number of hydrogen-bond acceptors (Lipinski definition) is 4. The van der Waals surface area contributed by atoms with Crippen LogP contribution in [0.3, 0.4) is 0 Å². The number of esters is 1. The van der Waals surface area contributed by atoms with E-state index in [2.05, 4.69) is 22.4 Å². The maximum absolute atomic E-state index is 12.1. The molecule has 0 unspecified atom stereocenters. The summed E-state index contributed by atoms with van der Waals surface area (Å²) in [5, 5.41) is 3.42. The average Bonchev–Trinajstić information content (AvgIpc) is 3.04. The zero-order chi connectivity index (χ0) is 17.8. The van der Waals surface area contributed by atoms with Crippen LogP contribution in [0, 0.1) is 0 Å². The Morgan fingerprint density at radius 3 is 2.48 bits per heavy atom. The fraction of sp³-hybridized carbons (Fsp3) is 0.400. The van der Waals surface area contributed by atoms with Crippen molar-refractivity contribution in [3.8, 4) is 0 Å². The van der Waals surface area contributed by atoms with Crippen LogP contribution in [0.4, 0.5) is 0 Å². The number of rotatable bonds is 5. The number of H-pyrrole nitrogens is 1. The van der Waals surface area contributed by atoms with Gasteiger partial charge >= 0.3 is 5.97 Å². The summed E-state index contributed by atoms with van der Waals surface area (Å²) in [5.41, 5.74) is 2.66. The highest BCUT2D eigenvalue weighted by Crippen LogP contribution is 2.35. The number of carbonyl (C=O) groups is 1. The van der Waals surface area contributed by atoms with Crippen molar-refractivity contribution in [2.45, 2.75) is 38.2 Å². The van der Waals surface area contributed by atoms with Gasteiger partial charge in [-0.15, -0.1) is 0 Å². The summed E-state index contributed by atoms with van der Waals surface area (Å²) in [6, 6.07) is 13.9. The van der Waals surface area contributed by atoms with Gasteiger partial charge in [0, 0.05) is 36.7 Å². The van der Waals surface area contributed by atoms with Gasteiger partial charge in [-0.05, 0) is 31.0 Å². The molecule has 1 aliphatic heterocycles. The molecule has 1 aliphatic rings. The van der Waals surface area contributed by atoms with E-state index in [-0.39, 0.29) is 30.0 Å². The zero-order valence-corrected chi connectivity index (χ0v) is 14.6. The highest BCUT2D eigenvalue weighted by atomic mass is 16.5. The summed E-state index contributed by atoms with van der Waals surface area (Å²) in [7, 11) is 0. The van der Waals surface area contributed by atoms with Crippen molar-refractivity contribution < 1.29 is 9.53 Å². The molecule has 0 bridgehead atoms. The number of aromatic nitrogens is 1. The van der Waals surface area contributed by atoms with E-state index < -0.39 is 0 Å². The summed E-state index contributed by atoms with van der Waals surface area (Å²) in [6.07, 6.45) is -0.0823. The van der Waals surface area contributed by atoms with Gasteiger partial charge in [0.05, 0.1) is 12.5 Å². The molecule has 2 N–H and O–H groups in total. The Morgan fingerprint density at radius 1 is 1.12 bits per heavy atom. The SMILES string of the molecule is CC(C)OC(=O)Cc1cc([C@@H]2CNC[C@@H]2c2ccccc2)cc(=O)[nH]1. The van der Waals surface area contributed by atoms with Gasteiger partial charge in [-0.3, -0.25) is 9.59 Å². The van der Waals surface area contributed by atoms with Crippen molar-refractivity contribution in [2.24, 2.45) is 0 Å². The lowest BCUT2D eigenvalue weighted by Gasteiger charge is -2.20. The van der Waals surface area contributed by atoms with Crippen molar-refractivity contribution in [1.82, 2.24) is 10.3 Å². The maximum atomic E-state index is 12.1. The number of aromatic amines is 1. The van der Waals surface area contributed by atoms with E-state index in [1.807, 2.05) is 38.1 Å². The molecule has 1 fully saturated rings. The van der Waals surface area contributed by atoms with Gasteiger partial charge in [-0.1, -0.05) is 30.3 Å². The first-order valence-electron chi connectivity index (χ1n) is 8.71. The molecule has 3 rings (SSSR count). The van der Waals surface area contributed by atoms with Crippen molar-refractivity contribution in [2.75, 3.05) is 13.1 Å². The van der Waals surface area contributed by atoms with Crippen LogP contribution in [-0.2, 0) is 16.0 Å². The van der Waals surface area contributed by atoms with Gasteiger partial charge in [0.2, 0.25) is 5.56 Å². The van der Waals surface area contributed by atoms with Crippen LogP contribution < -0.4 is 10.9 Å². The van der Waals surface area contributed by atoms with Crippen LogP contribution in [0.1, 0.15) is 42.5 Å². The molecule has 2 heterocycles. The van der Waals surface area contributed by atoms with Crippen molar-refractivity contribution in [3.63, 3.8) is 0 Å². The lowest BCUT2D eigenvalue weighted by molar-refractivity contribution is -0.146. The molecule has 25 heavy (non-hydrogen) atoms. The smallest absolute Gasteiger partial charge is 0.312 e. The predicted octanol–water partition coefficient (Wildman–Crippen LogP) is 2.34. The van der Waals surface area contributed by atoms with Crippen LogP contribution in [0.2, 0.25) is 0 Å². The lowest BCUT2D eigenvalue weighted by atomic mass is 9.84. The number of nitrogens with one attached hydrogen (secondary N) is 2. The highest BCUT2D eigenvalue weighted by Gasteiger charge is 2.30. The molecule has 132 valence electrons. The highest BCUT2D eigenvalue weighted by molar-refractivity contribution is 5.72. The topological polar surface area (TPSA) is 71.2 Å². The Bertz CT molecular complexity index is 783. The second kappa shape index (κ2) is 7.66. The van der Waals surface area contributed by atoms with Gasteiger partial charge < -0.3 is 15.0 Å². The van der Waals surface area contributed by atoms with E-state index in [9.17, 15) is 9.59 Å². The average molecular weight is 340 g/mol. The Balaban J connectivity index is 1.84. The molecule has 0 saturated carbocycles. The van der Waals surface area contributed by atoms with E-state index in [1.54, 1.807) is 6.07 Å². The fourth-order valence-electron chi connectivity index (χ4n) is 3.47. The van der Waals surface area contributed by atoms with Crippen LogP contribution >= 0.6 is 0 Å². The number of hydrogen-bond donors (Lipinski definition) is 2. The first-order chi connectivity index (χ1) is 12.0. The third-order valence-corrected chi connectivity index (χ3v) is 4.49. The minimum Gasteiger partial charge on any atom is -0.463 e. The molecule has 0 aliphatic carbocycles. The predicted molar refractivity (Wildman–Crippen MR) is 96.8 cm³/mol. The van der Waals surface area contributed by atoms with E-state index in [0.29, 0.717) is 11.6 Å². The van der Waals surface area contributed by atoms with Crippen molar-refractivity contribution in [3.05, 3.63) is 69.6 Å². The van der Waals surface area contributed by atoms with Gasteiger partial charge in [-0.25, -0.2) is 0 Å². The number of ether oxygens (including phenoxy) is 1. The number of benzene rings is 1. The Morgan fingerprint density at radius 2 is 1.80 bits per heavy atom. The van der Waals surface area contributed by atoms with Crippen LogP contribution in [0.5, 0.6) is 0 Å². The molecular formula is C20H24N2O3. The Labute approximate surface area is 147 Å². The van der Waals surface area contributed by atoms with Crippen molar-refractivity contribution in [1.29, 1.82) is 0 Å². The van der Waals surface area contributed by atoms with E-state index in [1.165, 1.54) is 5.56 Å². The molecule has 1 aromatic heterocycles. The standard InChI is InChI=1S/C20H24N2O3/c1-13(2)25-20(24)10-16-8-15(9-19(23)22-16)18-12-21-11-17(18)14-6-4-3-5-7-14/h3-9,13,17-18,21H,10-12H2,1-2H3,(H,22,23)/t17-,18+/m1/s1. The molecular weight excluding hydrogens is 316 g/mol. The first-order valence-corrected chi connectivity index (χ1v) is 8.71. The minimum atomic E-state index is -0.327. The summed E-state index contributed by atoms with van der Waals surface area (Å²) in [4.78, 5) is 26.7. The molecule has 1 aromatic carbocycles.